The van der Waals surface area contributed by atoms with Crippen LogP contribution in [-0.2, 0) is 6.54 Å². The predicted octanol–water partition coefficient (Wildman–Crippen LogP) is 5.36. The first kappa shape index (κ1) is 16.4. The molecule has 3 aliphatic rings. The fourth-order valence-corrected chi connectivity index (χ4v) is 5.68. The highest BCUT2D eigenvalue weighted by molar-refractivity contribution is 5.55. The van der Waals surface area contributed by atoms with E-state index in [9.17, 15) is 0 Å². The number of piperidine rings is 2. The first-order valence-corrected chi connectivity index (χ1v) is 10.5. The molecule has 0 saturated carbocycles. The zero-order valence-electron chi connectivity index (χ0n) is 15.9. The van der Waals surface area contributed by atoms with E-state index in [1.54, 1.807) is 11.1 Å². The molecule has 0 N–H and O–H groups in total. The summed E-state index contributed by atoms with van der Waals surface area (Å²) in [5, 5.41) is 0. The molecule has 2 aliphatic heterocycles. The van der Waals surface area contributed by atoms with Crippen molar-refractivity contribution in [3.05, 3.63) is 65.2 Å². The molecule has 136 valence electrons. The Morgan fingerprint density at radius 2 is 1.69 bits per heavy atom. The van der Waals surface area contributed by atoms with Gasteiger partial charge in [-0.05, 0) is 72.9 Å². The molecule has 3 atom stereocenters. The van der Waals surface area contributed by atoms with Gasteiger partial charge in [0, 0.05) is 31.4 Å². The summed E-state index contributed by atoms with van der Waals surface area (Å²) >= 11 is 0. The van der Waals surface area contributed by atoms with Crippen molar-refractivity contribution in [1.82, 2.24) is 4.90 Å². The Labute approximate surface area is 157 Å². The largest absolute Gasteiger partial charge is 0.372 e. The number of benzene rings is 2. The van der Waals surface area contributed by atoms with Gasteiger partial charge in [-0.2, -0.15) is 0 Å². The number of rotatable bonds is 3. The van der Waals surface area contributed by atoms with Crippen LogP contribution < -0.4 is 4.90 Å². The SMILES string of the molecule is C[C@H]1C2CCN(Cc3ccccc3)C1c1cc(N3CCCCC3)ccc12. The number of fused-ring (bicyclic) bond motifs is 5. The summed E-state index contributed by atoms with van der Waals surface area (Å²) in [7, 11) is 0. The Balaban J connectivity index is 1.46. The summed E-state index contributed by atoms with van der Waals surface area (Å²) in [4.78, 5) is 5.35. The van der Waals surface area contributed by atoms with Gasteiger partial charge >= 0.3 is 0 Å². The van der Waals surface area contributed by atoms with Crippen molar-refractivity contribution in [2.75, 3.05) is 24.5 Å². The fraction of sp³-hybridized carbons (Fsp3) is 0.500. The van der Waals surface area contributed by atoms with E-state index >= 15 is 0 Å². The van der Waals surface area contributed by atoms with E-state index in [1.807, 2.05) is 0 Å². The van der Waals surface area contributed by atoms with Crippen molar-refractivity contribution in [2.45, 2.75) is 51.1 Å². The molecule has 2 nitrogen and oxygen atoms in total. The second kappa shape index (κ2) is 6.74. The Kier molecular flexibility index (Phi) is 4.24. The lowest BCUT2D eigenvalue weighted by Gasteiger charge is -2.38. The standard InChI is InChI=1S/C24H30N2/c1-18-21-12-15-26(17-19-8-4-2-5-9-19)24(18)23-16-20(10-11-22(21)23)25-13-6-3-7-14-25/h2,4-5,8-11,16,18,21,24H,3,6-7,12-15,17H2,1H3/t18-,21?,24?/m0/s1. The summed E-state index contributed by atoms with van der Waals surface area (Å²) < 4.78 is 0. The molecule has 1 aliphatic carbocycles. The van der Waals surface area contributed by atoms with E-state index in [0.29, 0.717) is 6.04 Å². The van der Waals surface area contributed by atoms with Crippen LogP contribution in [0.3, 0.4) is 0 Å². The van der Waals surface area contributed by atoms with Crippen LogP contribution in [0.4, 0.5) is 5.69 Å². The van der Waals surface area contributed by atoms with Crippen molar-refractivity contribution >= 4 is 5.69 Å². The highest BCUT2D eigenvalue weighted by Gasteiger charge is 2.44. The van der Waals surface area contributed by atoms with Gasteiger partial charge in [-0.15, -0.1) is 0 Å². The summed E-state index contributed by atoms with van der Waals surface area (Å²) in [6.07, 6.45) is 5.40. The molecule has 0 amide bonds. The molecule has 0 spiro atoms. The lowest BCUT2D eigenvalue weighted by atomic mass is 9.85. The molecule has 0 radical (unpaired) electrons. The number of likely N-dealkylation sites (tertiary alicyclic amines) is 1. The van der Waals surface area contributed by atoms with E-state index < -0.39 is 0 Å². The van der Waals surface area contributed by atoms with Gasteiger partial charge in [0.1, 0.15) is 0 Å². The van der Waals surface area contributed by atoms with Gasteiger partial charge in [0.25, 0.3) is 0 Å². The first-order valence-electron chi connectivity index (χ1n) is 10.5. The minimum atomic E-state index is 0.591. The van der Waals surface area contributed by atoms with Crippen molar-refractivity contribution in [2.24, 2.45) is 5.92 Å². The van der Waals surface area contributed by atoms with Crippen LogP contribution in [0.5, 0.6) is 0 Å². The second-order valence-corrected chi connectivity index (χ2v) is 8.52. The van der Waals surface area contributed by atoms with Crippen molar-refractivity contribution < 1.29 is 0 Å². The number of hydrogen-bond acceptors (Lipinski definition) is 2. The highest BCUT2D eigenvalue weighted by atomic mass is 15.2. The van der Waals surface area contributed by atoms with Gasteiger partial charge in [0.2, 0.25) is 0 Å². The topological polar surface area (TPSA) is 6.48 Å². The summed E-state index contributed by atoms with van der Waals surface area (Å²) in [5.74, 6) is 1.50. The van der Waals surface area contributed by atoms with E-state index in [-0.39, 0.29) is 0 Å². The highest BCUT2D eigenvalue weighted by Crippen LogP contribution is 2.54. The molecule has 2 bridgehead atoms. The molecule has 2 heteroatoms. The van der Waals surface area contributed by atoms with Crippen LogP contribution in [0, 0.1) is 5.92 Å². The monoisotopic (exact) mass is 346 g/mol. The number of nitrogens with zero attached hydrogens (tertiary/aromatic N) is 2. The molecule has 26 heavy (non-hydrogen) atoms. The molecule has 2 unspecified atom stereocenters. The maximum Gasteiger partial charge on any atom is 0.0386 e. The minimum absolute atomic E-state index is 0.591. The third kappa shape index (κ3) is 2.75. The number of anilines is 1. The van der Waals surface area contributed by atoms with Gasteiger partial charge in [-0.1, -0.05) is 43.3 Å². The van der Waals surface area contributed by atoms with Gasteiger partial charge < -0.3 is 4.90 Å². The van der Waals surface area contributed by atoms with E-state index in [4.69, 9.17) is 0 Å². The molecule has 0 aromatic heterocycles. The quantitative estimate of drug-likeness (QED) is 0.738. The van der Waals surface area contributed by atoms with Gasteiger partial charge in [-0.3, -0.25) is 4.90 Å². The maximum absolute atomic E-state index is 2.74. The summed E-state index contributed by atoms with van der Waals surface area (Å²) in [5.41, 5.74) is 6.17. The molecule has 2 aromatic rings. The van der Waals surface area contributed by atoms with E-state index in [1.165, 1.54) is 56.6 Å². The Morgan fingerprint density at radius 3 is 2.50 bits per heavy atom. The van der Waals surface area contributed by atoms with Crippen molar-refractivity contribution in [1.29, 1.82) is 0 Å². The zero-order chi connectivity index (χ0) is 17.5. The van der Waals surface area contributed by atoms with Gasteiger partial charge in [0.15, 0.2) is 0 Å². The Bertz CT molecular complexity index is 763. The Morgan fingerprint density at radius 1 is 0.885 bits per heavy atom. The average molecular weight is 347 g/mol. The second-order valence-electron chi connectivity index (χ2n) is 8.52. The molecule has 2 saturated heterocycles. The third-order valence-electron chi connectivity index (χ3n) is 6.99. The van der Waals surface area contributed by atoms with E-state index in [2.05, 4.69) is 65.3 Å². The van der Waals surface area contributed by atoms with Crippen LogP contribution >= 0.6 is 0 Å². The van der Waals surface area contributed by atoms with E-state index in [0.717, 1.165) is 18.4 Å². The maximum atomic E-state index is 2.74. The van der Waals surface area contributed by atoms with Crippen LogP contribution in [0.25, 0.3) is 0 Å². The minimum Gasteiger partial charge on any atom is -0.372 e. The predicted molar refractivity (Wildman–Crippen MR) is 109 cm³/mol. The lowest BCUT2D eigenvalue weighted by molar-refractivity contribution is 0.0964. The van der Waals surface area contributed by atoms with Crippen LogP contribution in [0.2, 0.25) is 0 Å². The Hall–Kier alpha value is -1.80. The first-order chi connectivity index (χ1) is 12.8. The van der Waals surface area contributed by atoms with Crippen molar-refractivity contribution in [3.63, 3.8) is 0 Å². The lowest BCUT2D eigenvalue weighted by Crippen LogP contribution is -2.36. The van der Waals surface area contributed by atoms with Crippen molar-refractivity contribution in [3.8, 4) is 0 Å². The zero-order valence-corrected chi connectivity index (χ0v) is 15.9. The molecule has 5 rings (SSSR count). The molecule has 2 fully saturated rings. The van der Waals surface area contributed by atoms with Gasteiger partial charge in [-0.25, -0.2) is 0 Å². The smallest absolute Gasteiger partial charge is 0.0386 e. The van der Waals surface area contributed by atoms with Crippen LogP contribution in [0.1, 0.15) is 61.3 Å². The third-order valence-corrected chi connectivity index (χ3v) is 6.99. The number of hydrogen-bond donors (Lipinski definition) is 0. The summed E-state index contributed by atoms with van der Waals surface area (Å²) in [6.45, 7) is 7.25. The van der Waals surface area contributed by atoms with Crippen LogP contribution in [-0.4, -0.2) is 24.5 Å². The normalized spacial score (nSPS) is 28.2. The van der Waals surface area contributed by atoms with Gasteiger partial charge in [0.05, 0.1) is 0 Å². The molecular formula is C24H30N2. The summed E-state index contributed by atoms with van der Waals surface area (Å²) in [6, 6.07) is 19.0. The molecular weight excluding hydrogens is 316 g/mol. The average Bonchev–Trinajstić information content (AvgIpc) is 2.86. The van der Waals surface area contributed by atoms with Crippen LogP contribution in [0.15, 0.2) is 48.5 Å². The fourth-order valence-electron chi connectivity index (χ4n) is 5.68. The molecule has 2 aromatic carbocycles. The molecule has 2 heterocycles.